The molecule has 0 aliphatic carbocycles. The van der Waals surface area contributed by atoms with Gasteiger partial charge in [0.05, 0.1) is 16.1 Å². The topological polar surface area (TPSA) is 66.5 Å². The van der Waals surface area contributed by atoms with Gasteiger partial charge >= 0.3 is 6.18 Å². The quantitative estimate of drug-likeness (QED) is 0.443. The maximum Gasteiger partial charge on any atom is 0.416 e. The van der Waals surface area contributed by atoms with Crippen molar-refractivity contribution < 1.29 is 26.4 Å². The molecule has 0 fully saturated rings. The summed E-state index contributed by atoms with van der Waals surface area (Å²) in [5, 5.41) is 2.78. The summed E-state index contributed by atoms with van der Waals surface area (Å²) in [5.41, 5.74) is 1.09. The fourth-order valence-corrected chi connectivity index (χ4v) is 5.02. The van der Waals surface area contributed by atoms with Crippen LogP contribution in [0.15, 0.2) is 77.7 Å². The van der Waals surface area contributed by atoms with Crippen LogP contribution >= 0.6 is 0 Å². The molecule has 3 aromatic carbocycles. The van der Waals surface area contributed by atoms with Gasteiger partial charge in [0.2, 0.25) is 5.91 Å². The van der Waals surface area contributed by atoms with Crippen LogP contribution < -0.4 is 9.62 Å². The number of aryl methyl sites for hydroxylation is 2. The summed E-state index contributed by atoms with van der Waals surface area (Å²) in [4.78, 5) is 12.9. The summed E-state index contributed by atoms with van der Waals surface area (Å²) in [6, 6.07) is 16.8. The number of carbonyl (C=O) groups is 1. The van der Waals surface area contributed by atoms with Crippen LogP contribution in [0, 0.1) is 0 Å². The van der Waals surface area contributed by atoms with Crippen molar-refractivity contribution in [3.05, 3.63) is 89.5 Å². The Hall–Kier alpha value is -3.33. The maximum absolute atomic E-state index is 13.4. The number of nitrogens with zero attached hydrogens (tertiary/aromatic N) is 1. The molecule has 0 bridgehead atoms. The van der Waals surface area contributed by atoms with E-state index >= 15 is 0 Å². The van der Waals surface area contributed by atoms with Gasteiger partial charge in [-0.05, 0) is 54.3 Å². The van der Waals surface area contributed by atoms with Crippen molar-refractivity contribution in [2.75, 3.05) is 16.2 Å². The molecule has 0 saturated heterocycles. The van der Waals surface area contributed by atoms with Gasteiger partial charge < -0.3 is 5.32 Å². The highest BCUT2D eigenvalue weighted by Gasteiger charge is 2.33. The van der Waals surface area contributed by atoms with Crippen LogP contribution in [0.4, 0.5) is 24.5 Å². The average Bonchev–Trinajstić information content (AvgIpc) is 2.82. The predicted octanol–water partition coefficient (Wildman–Crippen LogP) is 5.66. The molecule has 1 amide bonds. The van der Waals surface area contributed by atoms with Gasteiger partial charge in [0.1, 0.15) is 6.54 Å². The van der Waals surface area contributed by atoms with E-state index in [4.69, 9.17) is 0 Å². The average molecular weight is 491 g/mol. The van der Waals surface area contributed by atoms with E-state index in [1.165, 1.54) is 30.3 Å². The minimum absolute atomic E-state index is 0.136. The normalized spacial score (nSPS) is 11.8. The van der Waals surface area contributed by atoms with Crippen LogP contribution in [0.25, 0.3) is 0 Å². The Balaban J connectivity index is 2.03. The van der Waals surface area contributed by atoms with Crippen molar-refractivity contribution in [2.45, 2.75) is 37.8 Å². The number of rotatable bonds is 8. The van der Waals surface area contributed by atoms with Crippen LogP contribution in [0.1, 0.15) is 30.5 Å². The largest absolute Gasteiger partial charge is 0.416 e. The smallest absolute Gasteiger partial charge is 0.324 e. The van der Waals surface area contributed by atoms with E-state index < -0.39 is 34.2 Å². The molecule has 3 rings (SSSR count). The molecular formula is C25H25F3N2O3S. The molecule has 9 heteroatoms. The molecule has 0 heterocycles. The summed E-state index contributed by atoms with van der Waals surface area (Å²) in [5.74, 6) is -0.660. The van der Waals surface area contributed by atoms with Crippen LogP contribution in [0.5, 0.6) is 0 Å². The Morgan fingerprint density at radius 3 is 2.03 bits per heavy atom. The zero-order valence-corrected chi connectivity index (χ0v) is 19.6. The first-order valence-corrected chi connectivity index (χ1v) is 12.2. The molecule has 0 unspecified atom stereocenters. The van der Waals surface area contributed by atoms with E-state index in [1.54, 1.807) is 6.07 Å². The summed E-state index contributed by atoms with van der Waals surface area (Å²) < 4.78 is 67.4. The molecule has 5 nitrogen and oxygen atoms in total. The first kappa shape index (κ1) is 25.3. The summed E-state index contributed by atoms with van der Waals surface area (Å²) in [6.07, 6.45) is -3.39. The second-order valence-corrected chi connectivity index (χ2v) is 9.44. The van der Waals surface area contributed by atoms with E-state index in [0.717, 1.165) is 29.3 Å². The third kappa shape index (κ3) is 5.59. The third-order valence-electron chi connectivity index (χ3n) is 5.34. The zero-order valence-electron chi connectivity index (χ0n) is 18.8. The first-order valence-electron chi connectivity index (χ1n) is 10.7. The number of carbonyl (C=O) groups excluding carboxylic acids is 1. The van der Waals surface area contributed by atoms with Crippen LogP contribution in [-0.2, 0) is 33.8 Å². The minimum atomic E-state index is -4.67. The van der Waals surface area contributed by atoms with Crippen molar-refractivity contribution in [2.24, 2.45) is 0 Å². The molecular weight excluding hydrogens is 465 g/mol. The molecule has 1 N–H and O–H groups in total. The molecule has 0 radical (unpaired) electrons. The van der Waals surface area contributed by atoms with E-state index in [1.807, 2.05) is 32.0 Å². The Labute approximate surface area is 197 Å². The molecule has 0 atom stereocenters. The Bertz CT molecular complexity index is 1240. The lowest BCUT2D eigenvalue weighted by Crippen LogP contribution is -2.38. The first-order chi connectivity index (χ1) is 16.1. The third-order valence-corrected chi connectivity index (χ3v) is 7.13. The van der Waals surface area contributed by atoms with E-state index in [2.05, 4.69) is 5.32 Å². The fourth-order valence-electron chi connectivity index (χ4n) is 3.58. The number of hydrogen-bond donors (Lipinski definition) is 1. The van der Waals surface area contributed by atoms with Gasteiger partial charge in [0, 0.05) is 5.69 Å². The standard InChI is InChI=1S/C25H25F3N2O3S/c1-3-18-10-8-11-19(4-2)24(18)29-23(31)17-30(34(32,33)22-14-6-5-7-15-22)21-13-9-12-20(16-21)25(26,27)28/h5-16H,3-4,17H2,1-2H3,(H,29,31). The number of halogens is 3. The number of para-hydroxylation sites is 1. The molecule has 3 aromatic rings. The number of benzene rings is 3. The number of anilines is 2. The van der Waals surface area contributed by atoms with E-state index in [0.29, 0.717) is 22.8 Å². The fraction of sp³-hybridized carbons (Fsp3) is 0.240. The molecule has 0 aromatic heterocycles. The highest BCUT2D eigenvalue weighted by Crippen LogP contribution is 2.33. The predicted molar refractivity (Wildman–Crippen MR) is 126 cm³/mol. The second kappa shape index (κ2) is 10.3. The van der Waals surface area contributed by atoms with Crippen molar-refractivity contribution in [1.29, 1.82) is 0 Å². The SMILES string of the molecule is CCc1cccc(CC)c1NC(=O)CN(c1cccc(C(F)(F)F)c1)S(=O)(=O)c1ccccc1. The van der Waals surface area contributed by atoms with Crippen LogP contribution in [0.3, 0.4) is 0 Å². The Morgan fingerprint density at radius 1 is 0.882 bits per heavy atom. The second-order valence-electron chi connectivity index (χ2n) is 7.58. The zero-order chi connectivity index (χ0) is 24.9. The van der Waals surface area contributed by atoms with E-state index in [-0.39, 0.29) is 10.6 Å². The monoisotopic (exact) mass is 490 g/mol. The minimum Gasteiger partial charge on any atom is -0.324 e. The lowest BCUT2D eigenvalue weighted by molar-refractivity contribution is -0.137. The summed E-state index contributed by atoms with van der Waals surface area (Å²) in [7, 11) is -4.33. The Morgan fingerprint density at radius 2 is 1.47 bits per heavy atom. The van der Waals surface area contributed by atoms with Gasteiger partial charge in [-0.3, -0.25) is 9.10 Å². The number of amides is 1. The number of hydrogen-bond acceptors (Lipinski definition) is 3. The van der Waals surface area contributed by atoms with E-state index in [9.17, 15) is 26.4 Å². The number of sulfonamides is 1. The van der Waals surface area contributed by atoms with Gasteiger partial charge in [-0.15, -0.1) is 0 Å². The van der Waals surface area contributed by atoms with Gasteiger partial charge in [0.15, 0.2) is 0 Å². The van der Waals surface area contributed by atoms with Crippen LogP contribution in [0.2, 0.25) is 0 Å². The van der Waals surface area contributed by atoms with Crippen molar-refractivity contribution >= 4 is 27.3 Å². The molecule has 0 aliphatic heterocycles. The van der Waals surface area contributed by atoms with Crippen molar-refractivity contribution in [3.63, 3.8) is 0 Å². The lowest BCUT2D eigenvalue weighted by Gasteiger charge is -2.25. The lowest BCUT2D eigenvalue weighted by atomic mass is 10.0. The van der Waals surface area contributed by atoms with Crippen molar-refractivity contribution in [3.8, 4) is 0 Å². The summed E-state index contributed by atoms with van der Waals surface area (Å²) in [6.45, 7) is 3.16. The summed E-state index contributed by atoms with van der Waals surface area (Å²) >= 11 is 0. The number of nitrogens with one attached hydrogen (secondary N) is 1. The molecule has 0 spiro atoms. The van der Waals surface area contributed by atoms with Gasteiger partial charge in [0.25, 0.3) is 10.0 Å². The highest BCUT2D eigenvalue weighted by molar-refractivity contribution is 7.92. The van der Waals surface area contributed by atoms with Crippen molar-refractivity contribution in [1.82, 2.24) is 0 Å². The number of alkyl halides is 3. The maximum atomic E-state index is 13.4. The Kier molecular flexibility index (Phi) is 7.66. The highest BCUT2D eigenvalue weighted by atomic mass is 32.2. The van der Waals surface area contributed by atoms with Gasteiger partial charge in [-0.2, -0.15) is 13.2 Å². The van der Waals surface area contributed by atoms with Gasteiger partial charge in [-0.25, -0.2) is 8.42 Å². The molecule has 34 heavy (non-hydrogen) atoms. The van der Waals surface area contributed by atoms with Crippen LogP contribution in [-0.4, -0.2) is 20.9 Å². The van der Waals surface area contributed by atoms with Gasteiger partial charge in [-0.1, -0.05) is 56.3 Å². The molecule has 180 valence electrons. The molecule has 0 aliphatic rings. The molecule has 0 saturated carbocycles.